The second-order valence-corrected chi connectivity index (χ2v) is 7.75. The Morgan fingerprint density at radius 2 is 1.71 bits per heavy atom. The van der Waals surface area contributed by atoms with E-state index in [1.165, 1.54) is 0 Å². The number of hydrogen-bond donors (Lipinski definition) is 1. The number of aryl methyl sites for hydroxylation is 1. The minimum Gasteiger partial charge on any atom is -0.490 e. The summed E-state index contributed by atoms with van der Waals surface area (Å²) >= 11 is 12.1. The first-order chi connectivity index (χ1) is 14.8. The van der Waals surface area contributed by atoms with Gasteiger partial charge >= 0.3 is 0 Å². The molecule has 0 fully saturated rings. The highest BCUT2D eigenvalue weighted by molar-refractivity contribution is 6.42. The average Bonchev–Trinajstić information content (AvgIpc) is 2.99. The Hall–Kier alpha value is -2.70. The van der Waals surface area contributed by atoms with Crippen molar-refractivity contribution in [3.63, 3.8) is 0 Å². The van der Waals surface area contributed by atoms with Crippen molar-refractivity contribution < 1.29 is 14.3 Å². The maximum atomic E-state index is 12.9. The molecule has 0 radical (unpaired) electrons. The lowest BCUT2D eigenvalue weighted by molar-refractivity contribution is 0.102. The van der Waals surface area contributed by atoms with Crippen LogP contribution in [0.3, 0.4) is 0 Å². The molecule has 1 aromatic heterocycles. The third kappa shape index (κ3) is 5.32. The molecule has 6 nitrogen and oxygen atoms in total. The molecule has 0 saturated heterocycles. The molecule has 1 heterocycles. The summed E-state index contributed by atoms with van der Waals surface area (Å²) in [5.74, 6) is 0.910. The van der Waals surface area contributed by atoms with Gasteiger partial charge in [0.2, 0.25) is 0 Å². The van der Waals surface area contributed by atoms with Gasteiger partial charge in [-0.2, -0.15) is 5.10 Å². The van der Waals surface area contributed by atoms with E-state index in [0.717, 1.165) is 17.0 Å². The SMILES string of the molecule is CCOc1ccc(C(=O)Nc2c(C)nn(Cc3ccc(Cl)c(Cl)c3)c2C)cc1OCC. The molecule has 0 aliphatic carbocycles. The second-order valence-electron chi connectivity index (χ2n) is 6.93. The maximum absolute atomic E-state index is 12.9. The molecule has 0 aliphatic rings. The Morgan fingerprint density at radius 3 is 2.39 bits per heavy atom. The number of hydrogen-bond acceptors (Lipinski definition) is 4. The first-order valence-electron chi connectivity index (χ1n) is 10.0. The predicted octanol–water partition coefficient (Wildman–Crippen LogP) is 5.90. The summed E-state index contributed by atoms with van der Waals surface area (Å²) < 4.78 is 13.0. The van der Waals surface area contributed by atoms with Gasteiger partial charge in [0.05, 0.1) is 46.9 Å². The monoisotopic (exact) mass is 461 g/mol. The number of rotatable bonds is 8. The number of nitrogens with one attached hydrogen (secondary N) is 1. The van der Waals surface area contributed by atoms with E-state index in [0.29, 0.717) is 52.6 Å². The van der Waals surface area contributed by atoms with Crippen molar-refractivity contribution in [2.75, 3.05) is 18.5 Å². The van der Waals surface area contributed by atoms with Crippen LogP contribution in [0.25, 0.3) is 0 Å². The summed E-state index contributed by atoms with van der Waals surface area (Å²) in [7, 11) is 0. The van der Waals surface area contributed by atoms with Crippen molar-refractivity contribution in [3.8, 4) is 11.5 Å². The van der Waals surface area contributed by atoms with Crippen molar-refractivity contribution in [2.24, 2.45) is 0 Å². The van der Waals surface area contributed by atoms with Gasteiger partial charge in [0, 0.05) is 5.56 Å². The van der Waals surface area contributed by atoms with Crippen LogP contribution in [-0.4, -0.2) is 28.9 Å². The van der Waals surface area contributed by atoms with Gasteiger partial charge in [-0.25, -0.2) is 0 Å². The summed E-state index contributed by atoms with van der Waals surface area (Å²) in [6.07, 6.45) is 0. The van der Waals surface area contributed by atoms with Gasteiger partial charge in [-0.15, -0.1) is 0 Å². The fourth-order valence-corrected chi connectivity index (χ4v) is 3.54. The molecular formula is C23H25Cl2N3O3. The summed E-state index contributed by atoms with van der Waals surface area (Å²) in [5, 5.41) is 8.55. The summed E-state index contributed by atoms with van der Waals surface area (Å²) in [6.45, 7) is 9.06. The van der Waals surface area contributed by atoms with Crippen molar-refractivity contribution >= 4 is 34.8 Å². The van der Waals surface area contributed by atoms with Crippen LogP contribution in [0.2, 0.25) is 10.0 Å². The van der Waals surface area contributed by atoms with Crippen LogP contribution in [0.4, 0.5) is 5.69 Å². The van der Waals surface area contributed by atoms with Gasteiger partial charge in [0.1, 0.15) is 0 Å². The van der Waals surface area contributed by atoms with Crippen molar-refractivity contribution in [1.29, 1.82) is 0 Å². The highest BCUT2D eigenvalue weighted by Gasteiger charge is 2.17. The summed E-state index contributed by atoms with van der Waals surface area (Å²) in [6, 6.07) is 10.6. The highest BCUT2D eigenvalue weighted by Crippen LogP contribution is 2.30. The lowest BCUT2D eigenvalue weighted by Gasteiger charge is -2.13. The average molecular weight is 462 g/mol. The third-order valence-corrected chi connectivity index (χ3v) is 5.48. The molecule has 3 rings (SSSR count). The van der Waals surface area contributed by atoms with E-state index in [2.05, 4.69) is 10.4 Å². The van der Waals surface area contributed by atoms with Crippen molar-refractivity contribution in [2.45, 2.75) is 34.2 Å². The number of halogens is 2. The van der Waals surface area contributed by atoms with E-state index in [1.807, 2.05) is 44.5 Å². The summed E-state index contributed by atoms with van der Waals surface area (Å²) in [5.41, 5.74) is 3.68. The molecule has 0 saturated carbocycles. The number of carbonyl (C=O) groups excluding carboxylic acids is 1. The van der Waals surface area contributed by atoms with Gasteiger partial charge in [-0.1, -0.05) is 29.3 Å². The topological polar surface area (TPSA) is 65.4 Å². The van der Waals surface area contributed by atoms with Gasteiger partial charge in [0.15, 0.2) is 11.5 Å². The molecule has 0 atom stereocenters. The molecule has 8 heteroatoms. The number of anilines is 1. The van der Waals surface area contributed by atoms with E-state index in [1.54, 1.807) is 24.3 Å². The molecule has 31 heavy (non-hydrogen) atoms. The minimum atomic E-state index is -0.246. The van der Waals surface area contributed by atoms with Crippen LogP contribution in [0.1, 0.15) is 41.2 Å². The standard InChI is InChI=1S/C23H25Cl2N3O3/c1-5-30-20-10-8-17(12-21(20)31-6-2)23(29)26-22-14(3)27-28(15(22)4)13-16-7-9-18(24)19(25)11-16/h7-12H,5-6,13H2,1-4H3,(H,26,29). The normalized spacial score (nSPS) is 10.8. The Labute approximate surface area is 192 Å². The van der Waals surface area contributed by atoms with Crippen LogP contribution < -0.4 is 14.8 Å². The van der Waals surface area contributed by atoms with E-state index in [4.69, 9.17) is 32.7 Å². The van der Waals surface area contributed by atoms with Crippen LogP contribution in [-0.2, 0) is 6.54 Å². The second kappa shape index (κ2) is 10.1. The predicted molar refractivity (Wildman–Crippen MR) is 124 cm³/mol. The van der Waals surface area contributed by atoms with Crippen LogP contribution in [0.5, 0.6) is 11.5 Å². The van der Waals surface area contributed by atoms with Crippen LogP contribution >= 0.6 is 23.2 Å². The van der Waals surface area contributed by atoms with Gasteiger partial charge in [-0.3, -0.25) is 9.48 Å². The van der Waals surface area contributed by atoms with Gasteiger partial charge in [0.25, 0.3) is 5.91 Å². The molecule has 164 valence electrons. The molecule has 0 unspecified atom stereocenters. The zero-order valence-electron chi connectivity index (χ0n) is 18.0. The largest absolute Gasteiger partial charge is 0.490 e. The zero-order valence-corrected chi connectivity index (χ0v) is 19.5. The fourth-order valence-electron chi connectivity index (χ4n) is 3.22. The molecule has 1 N–H and O–H groups in total. The Morgan fingerprint density at radius 1 is 1.00 bits per heavy atom. The number of ether oxygens (including phenoxy) is 2. The molecule has 0 spiro atoms. The fraction of sp³-hybridized carbons (Fsp3) is 0.304. The quantitative estimate of drug-likeness (QED) is 0.452. The number of aromatic nitrogens is 2. The summed E-state index contributed by atoms with van der Waals surface area (Å²) in [4.78, 5) is 12.9. The van der Waals surface area contributed by atoms with Crippen LogP contribution in [0, 0.1) is 13.8 Å². The molecule has 0 aliphatic heterocycles. The van der Waals surface area contributed by atoms with E-state index in [9.17, 15) is 4.79 Å². The molecule has 3 aromatic rings. The van der Waals surface area contributed by atoms with E-state index in [-0.39, 0.29) is 5.91 Å². The number of amides is 1. The van der Waals surface area contributed by atoms with E-state index < -0.39 is 0 Å². The molecular weight excluding hydrogens is 437 g/mol. The smallest absolute Gasteiger partial charge is 0.255 e. The molecule has 0 bridgehead atoms. The van der Waals surface area contributed by atoms with Crippen molar-refractivity contribution in [3.05, 3.63) is 69.0 Å². The van der Waals surface area contributed by atoms with Gasteiger partial charge in [-0.05, 0) is 63.6 Å². The maximum Gasteiger partial charge on any atom is 0.255 e. The number of carbonyl (C=O) groups is 1. The first-order valence-corrected chi connectivity index (χ1v) is 10.8. The number of benzene rings is 2. The zero-order chi connectivity index (χ0) is 22.5. The molecule has 1 amide bonds. The van der Waals surface area contributed by atoms with Crippen LogP contribution in [0.15, 0.2) is 36.4 Å². The third-order valence-electron chi connectivity index (χ3n) is 4.74. The van der Waals surface area contributed by atoms with Gasteiger partial charge < -0.3 is 14.8 Å². The Balaban J connectivity index is 1.82. The highest BCUT2D eigenvalue weighted by atomic mass is 35.5. The lowest BCUT2D eigenvalue weighted by Crippen LogP contribution is -2.14. The van der Waals surface area contributed by atoms with E-state index >= 15 is 0 Å². The first kappa shape index (κ1) is 23.0. The number of nitrogens with zero attached hydrogens (tertiary/aromatic N) is 2. The Kier molecular flexibility index (Phi) is 7.46. The molecule has 2 aromatic carbocycles. The van der Waals surface area contributed by atoms with Crippen molar-refractivity contribution in [1.82, 2.24) is 9.78 Å². The lowest BCUT2D eigenvalue weighted by atomic mass is 10.1. The Bertz CT molecular complexity index is 1100. The minimum absolute atomic E-state index is 0.246.